The molecule has 3 rings (SSSR count). The number of nitro groups is 1. The SMILES string of the molecule is Cc1ccc([N+](=O)[O-])c(F)c1C(=O)c1c[nH]c2ncc(Br)cc12. The smallest absolute Gasteiger partial charge is 0.305 e. The maximum atomic E-state index is 14.4. The minimum absolute atomic E-state index is 0.205. The van der Waals surface area contributed by atoms with E-state index in [1.54, 1.807) is 12.3 Å². The molecule has 0 atom stereocenters. The van der Waals surface area contributed by atoms with Crippen LogP contribution >= 0.6 is 15.9 Å². The molecule has 0 aliphatic carbocycles. The van der Waals surface area contributed by atoms with Crippen LogP contribution in [0.2, 0.25) is 0 Å². The van der Waals surface area contributed by atoms with Crippen LogP contribution in [0.5, 0.6) is 0 Å². The average molecular weight is 378 g/mol. The van der Waals surface area contributed by atoms with Gasteiger partial charge in [-0.3, -0.25) is 14.9 Å². The molecule has 2 heterocycles. The Hall–Kier alpha value is -2.61. The number of nitro benzene ring substituents is 1. The van der Waals surface area contributed by atoms with Crippen molar-refractivity contribution in [3.05, 3.63) is 67.7 Å². The van der Waals surface area contributed by atoms with Crippen molar-refractivity contribution in [3.63, 3.8) is 0 Å². The number of carbonyl (C=O) groups is 1. The van der Waals surface area contributed by atoms with Crippen LogP contribution in [0.25, 0.3) is 11.0 Å². The molecule has 0 unspecified atom stereocenters. The first-order chi connectivity index (χ1) is 10.9. The summed E-state index contributed by atoms with van der Waals surface area (Å²) >= 11 is 3.27. The summed E-state index contributed by atoms with van der Waals surface area (Å²) in [4.78, 5) is 29.7. The Labute approximate surface area is 137 Å². The van der Waals surface area contributed by atoms with E-state index in [-0.39, 0.29) is 11.1 Å². The van der Waals surface area contributed by atoms with Gasteiger partial charge in [0.15, 0.2) is 5.78 Å². The van der Waals surface area contributed by atoms with Gasteiger partial charge in [0.2, 0.25) is 5.82 Å². The standard InChI is InChI=1S/C15H9BrFN3O3/c1-7-2-3-11(20(22)23)13(17)12(7)14(21)10-6-19-15-9(10)4-8(16)5-18-15/h2-6H,1H3,(H,18,19). The normalized spacial score (nSPS) is 10.9. The Morgan fingerprint density at radius 3 is 2.87 bits per heavy atom. The number of nitrogens with zero attached hydrogens (tertiary/aromatic N) is 2. The lowest BCUT2D eigenvalue weighted by Gasteiger charge is -2.06. The molecular formula is C15H9BrFN3O3. The van der Waals surface area contributed by atoms with Crippen LogP contribution in [0, 0.1) is 22.9 Å². The van der Waals surface area contributed by atoms with Gasteiger partial charge in [0, 0.05) is 33.9 Å². The second-order valence-corrected chi connectivity index (χ2v) is 5.84. The summed E-state index contributed by atoms with van der Waals surface area (Å²) in [5, 5.41) is 11.4. The first-order valence-corrected chi connectivity index (χ1v) is 7.30. The molecule has 116 valence electrons. The summed E-state index contributed by atoms with van der Waals surface area (Å²) < 4.78 is 15.1. The number of halogens is 2. The Morgan fingerprint density at radius 2 is 2.17 bits per heavy atom. The van der Waals surface area contributed by atoms with E-state index in [1.807, 2.05) is 0 Å². The zero-order valence-corrected chi connectivity index (χ0v) is 13.3. The van der Waals surface area contributed by atoms with Crippen LogP contribution in [-0.2, 0) is 0 Å². The minimum atomic E-state index is -1.13. The first-order valence-electron chi connectivity index (χ1n) is 6.51. The van der Waals surface area contributed by atoms with Crippen LogP contribution < -0.4 is 0 Å². The zero-order valence-electron chi connectivity index (χ0n) is 11.8. The first kappa shape index (κ1) is 15.3. The fourth-order valence-corrected chi connectivity index (χ4v) is 2.71. The topological polar surface area (TPSA) is 88.9 Å². The molecule has 0 fully saturated rings. The second kappa shape index (κ2) is 5.54. The number of carbonyl (C=O) groups excluding carboxylic acids is 1. The Morgan fingerprint density at radius 1 is 1.43 bits per heavy atom. The van der Waals surface area contributed by atoms with Gasteiger partial charge >= 0.3 is 5.69 Å². The van der Waals surface area contributed by atoms with E-state index in [0.717, 1.165) is 6.07 Å². The van der Waals surface area contributed by atoms with Crippen molar-refractivity contribution in [1.29, 1.82) is 0 Å². The van der Waals surface area contributed by atoms with Crippen LogP contribution in [0.4, 0.5) is 10.1 Å². The predicted molar refractivity (Wildman–Crippen MR) is 85.0 cm³/mol. The van der Waals surface area contributed by atoms with Crippen molar-refractivity contribution in [2.45, 2.75) is 6.92 Å². The predicted octanol–water partition coefficient (Wildman–Crippen LogP) is 3.91. The van der Waals surface area contributed by atoms with E-state index < -0.39 is 22.2 Å². The molecule has 0 aliphatic heterocycles. The van der Waals surface area contributed by atoms with E-state index in [9.17, 15) is 19.3 Å². The van der Waals surface area contributed by atoms with E-state index in [0.29, 0.717) is 21.1 Å². The van der Waals surface area contributed by atoms with Crippen LogP contribution in [-0.4, -0.2) is 20.7 Å². The molecule has 0 amide bonds. The van der Waals surface area contributed by atoms with Crippen molar-refractivity contribution < 1.29 is 14.1 Å². The molecule has 8 heteroatoms. The number of ketones is 1. The van der Waals surface area contributed by atoms with Gasteiger partial charge in [0.05, 0.1) is 10.5 Å². The van der Waals surface area contributed by atoms with Gasteiger partial charge in [-0.25, -0.2) is 4.98 Å². The fraction of sp³-hybridized carbons (Fsp3) is 0.0667. The summed E-state index contributed by atoms with van der Waals surface area (Å²) in [5.41, 5.74) is -0.0232. The second-order valence-electron chi connectivity index (χ2n) is 4.93. The third kappa shape index (κ3) is 2.50. The maximum absolute atomic E-state index is 14.4. The quantitative estimate of drug-likeness (QED) is 0.425. The van der Waals surface area contributed by atoms with E-state index in [4.69, 9.17) is 0 Å². The molecule has 0 bridgehead atoms. The number of aromatic amines is 1. The van der Waals surface area contributed by atoms with Gasteiger partial charge in [-0.2, -0.15) is 4.39 Å². The number of aromatic nitrogens is 2. The van der Waals surface area contributed by atoms with Crippen LogP contribution in [0.1, 0.15) is 21.5 Å². The van der Waals surface area contributed by atoms with Crippen molar-refractivity contribution in [2.24, 2.45) is 0 Å². The average Bonchev–Trinajstić information content (AvgIpc) is 2.89. The number of rotatable bonds is 3. The molecular weight excluding hydrogens is 369 g/mol. The van der Waals surface area contributed by atoms with Gasteiger partial charge in [-0.05, 0) is 34.5 Å². The Balaban J connectivity index is 2.22. The number of nitrogens with one attached hydrogen (secondary N) is 1. The molecule has 0 saturated carbocycles. The van der Waals surface area contributed by atoms with Gasteiger partial charge in [-0.1, -0.05) is 6.07 Å². The number of hydrogen-bond donors (Lipinski definition) is 1. The lowest BCUT2D eigenvalue weighted by Crippen LogP contribution is -2.08. The van der Waals surface area contributed by atoms with E-state index in [2.05, 4.69) is 25.9 Å². The monoisotopic (exact) mass is 377 g/mol. The van der Waals surface area contributed by atoms with Crippen LogP contribution in [0.3, 0.4) is 0 Å². The van der Waals surface area contributed by atoms with Gasteiger partial charge in [-0.15, -0.1) is 0 Å². The highest BCUT2D eigenvalue weighted by molar-refractivity contribution is 9.10. The van der Waals surface area contributed by atoms with E-state index >= 15 is 0 Å². The molecule has 6 nitrogen and oxygen atoms in total. The molecule has 0 spiro atoms. The number of aryl methyl sites for hydroxylation is 1. The number of fused-ring (bicyclic) bond motifs is 1. The van der Waals surface area contributed by atoms with Crippen molar-refractivity contribution in [3.8, 4) is 0 Å². The summed E-state index contributed by atoms with van der Waals surface area (Å²) in [5.74, 6) is -1.76. The minimum Gasteiger partial charge on any atom is -0.345 e. The molecule has 1 N–H and O–H groups in total. The van der Waals surface area contributed by atoms with Gasteiger partial charge < -0.3 is 4.98 Å². The molecule has 0 saturated heterocycles. The lowest BCUT2D eigenvalue weighted by atomic mass is 9.98. The van der Waals surface area contributed by atoms with Gasteiger partial charge in [0.25, 0.3) is 0 Å². The lowest BCUT2D eigenvalue weighted by molar-refractivity contribution is -0.387. The maximum Gasteiger partial charge on any atom is 0.305 e. The van der Waals surface area contributed by atoms with Crippen molar-refractivity contribution in [2.75, 3.05) is 0 Å². The summed E-state index contributed by atoms with van der Waals surface area (Å²) in [6.45, 7) is 1.53. The number of hydrogen-bond acceptors (Lipinski definition) is 4. The summed E-state index contributed by atoms with van der Waals surface area (Å²) in [6.07, 6.45) is 2.98. The van der Waals surface area contributed by atoms with Crippen molar-refractivity contribution >= 4 is 38.4 Å². The third-order valence-corrected chi connectivity index (χ3v) is 3.93. The highest BCUT2D eigenvalue weighted by Gasteiger charge is 2.26. The molecule has 1 aromatic carbocycles. The largest absolute Gasteiger partial charge is 0.345 e. The summed E-state index contributed by atoms with van der Waals surface area (Å²) in [7, 11) is 0. The third-order valence-electron chi connectivity index (χ3n) is 3.50. The highest BCUT2D eigenvalue weighted by Crippen LogP contribution is 2.28. The van der Waals surface area contributed by atoms with Gasteiger partial charge in [0.1, 0.15) is 5.65 Å². The molecule has 3 aromatic rings. The molecule has 0 aliphatic rings. The zero-order chi connectivity index (χ0) is 16.7. The van der Waals surface area contributed by atoms with Crippen LogP contribution in [0.15, 0.2) is 35.1 Å². The number of benzene rings is 1. The Bertz CT molecular complexity index is 968. The summed E-state index contributed by atoms with van der Waals surface area (Å²) in [6, 6.07) is 4.09. The number of H-pyrrole nitrogens is 1. The molecule has 2 aromatic heterocycles. The van der Waals surface area contributed by atoms with Crippen molar-refractivity contribution in [1.82, 2.24) is 9.97 Å². The molecule has 0 radical (unpaired) electrons. The fourth-order valence-electron chi connectivity index (χ4n) is 2.38. The van der Waals surface area contributed by atoms with E-state index in [1.165, 1.54) is 19.2 Å². The number of pyridine rings is 1. The molecule has 23 heavy (non-hydrogen) atoms. The highest BCUT2D eigenvalue weighted by atomic mass is 79.9. The Kier molecular flexibility index (Phi) is 3.69.